The molecule has 0 radical (unpaired) electrons. The molecule has 2 bridgehead atoms. The van der Waals surface area contributed by atoms with Crippen LogP contribution in [0, 0.1) is 11.8 Å². The second kappa shape index (κ2) is 9.82. The van der Waals surface area contributed by atoms with Gasteiger partial charge in [-0.05, 0) is 53.4 Å². The van der Waals surface area contributed by atoms with Gasteiger partial charge in [0.25, 0.3) is 0 Å². The van der Waals surface area contributed by atoms with Crippen molar-refractivity contribution in [2.45, 2.75) is 81.0 Å². The summed E-state index contributed by atoms with van der Waals surface area (Å²) in [7, 11) is 0. The number of thioether (sulfide) groups is 1. The molecule has 184 valence electrons. The number of nitrogens with zero attached hydrogens (tertiary/aromatic N) is 2. The van der Waals surface area contributed by atoms with Gasteiger partial charge in [-0.2, -0.15) is 0 Å². The number of hydrogen-bond donors (Lipinski definition) is 1. The summed E-state index contributed by atoms with van der Waals surface area (Å²) >= 11 is 1.62. The standard InChI is InChI=1S/C25H38N2O5S/c1-7-9-10-14-32-23(31)19-18-21(29)27(17(5)15-28)20(22(30)26(13-8-2)16(3)4)25(18)12-11-24(19,6)33-25/h7-8,16-20,28H,1-2,9-15H2,3-6H3/t17-,18+,19-,20?,24+,25?/m1/s1. The summed E-state index contributed by atoms with van der Waals surface area (Å²) in [6, 6.07) is -1.33. The first-order valence-electron chi connectivity index (χ1n) is 11.9. The minimum atomic E-state index is -0.732. The van der Waals surface area contributed by atoms with Crippen LogP contribution in [0.5, 0.6) is 0 Å². The van der Waals surface area contributed by atoms with Gasteiger partial charge in [0, 0.05) is 17.3 Å². The molecule has 0 aliphatic carbocycles. The number of aliphatic hydroxyl groups excluding tert-OH is 1. The average Bonchev–Trinajstić information content (AvgIpc) is 3.34. The summed E-state index contributed by atoms with van der Waals surface area (Å²) in [6.45, 7) is 15.6. The predicted molar refractivity (Wildman–Crippen MR) is 130 cm³/mol. The maximum atomic E-state index is 14.0. The number of carbonyl (C=O) groups is 3. The summed E-state index contributed by atoms with van der Waals surface area (Å²) < 4.78 is 4.46. The molecule has 0 aromatic heterocycles. The van der Waals surface area contributed by atoms with Crippen LogP contribution >= 0.6 is 11.8 Å². The van der Waals surface area contributed by atoms with Gasteiger partial charge in [-0.15, -0.1) is 24.9 Å². The van der Waals surface area contributed by atoms with Crippen molar-refractivity contribution in [3.05, 3.63) is 25.3 Å². The lowest BCUT2D eigenvalue weighted by atomic mass is 9.66. The fourth-order valence-corrected chi connectivity index (χ4v) is 8.23. The lowest BCUT2D eigenvalue weighted by molar-refractivity contribution is -0.156. The highest BCUT2D eigenvalue weighted by atomic mass is 32.2. The highest BCUT2D eigenvalue weighted by Gasteiger charge is 2.78. The third-order valence-electron chi connectivity index (χ3n) is 7.47. The van der Waals surface area contributed by atoms with E-state index >= 15 is 0 Å². The topological polar surface area (TPSA) is 87.1 Å². The summed E-state index contributed by atoms with van der Waals surface area (Å²) in [5.41, 5.74) is 0. The fourth-order valence-electron chi connectivity index (χ4n) is 5.90. The van der Waals surface area contributed by atoms with E-state index in [1.165, 1.54) is 0 Å². The van der Waals surface area contributed by atoms with E-state index in [1.54, 1.807) is 40.6 Å². The van der Waals surface area contributed by atoms with Gasteiger partial charge in [-0.3, -0.25) is 14.4 Å². The Kier molecular flexibility index (Phi) is 7.68. The van der Waals surface area contributed by atoms with Gasteiger partial charge in [0.1, 0.15) is 6.04 Å². The summed E-state index contributed by atoms with van der Waals surface area (Å²) in [4.78, 5) is 44.4. The van der Waals surface area contributed by atoms with Gasteiger partial charge in [-0.1, -0.05) is 12.2 Å². The maximum Gasteiger partial charge on any atom is 0.311 e. The van der Waals surface area contributed by atoms with Crippen molar-refractivity contribution < 1.29 is 24.2 Å². The lowest BCUT2D eigenvalue weighted by Crippen LogP contribution is -2.58. The van der Waals surface area contributed by atoms with Crippen LogP contribution in [0.2, 0.25) is 0 Å². The molecule has 0 aromatic rings. The first kappa shape index (κ1) is 25.8. The van der Waals surface area contributed by atoms with E-state index in [1.807, 2.05) is 20.8 Å². The molecule has 3 saturated heterocycles. The van der Waals surface area contributed by atoms with E-state index in [0.29, 0.717) is 19.4 Å². The summed E-state index contributed by atoms with van der Waals surface area (Å²) in [5.74, 6) is -1.95. The summed E-state index contributed by atoms with van der Waals surface area (Å²) in [6.07, 6.45) is 6.33. The Balaban J connectivity index is 2.01. The van der Waals surface area contributed by atoms with E-state index < -0.39 is 33.4 Å². The van der Waals surface area contributed by atoms with Gasteiger partial charge in [0.15, 0.2) is 0 Å². The number of hydrogen-bond acceptors (Lipinski definition) is 6. The molecule has 33 heavy (non-hydrogen) atoms. The first-order chi connectivity index (χ1) is 15.6. The van der Waals surface area contributed by atoms with Crippen LogP contribution in [0.15, 0.2) is 25.3 Å². The van der Waals surface area contributed by atoms with Crippen LogP contribution in [-0.4, -0.2) is 80.1 Å². The van der Waals surface area contributed by atoms with E-state index in [4.69, 9.17) is 4.74 Å². The SMILES string of the molecule is C=CCCCOC(=O)[C@H]1[C@H]2C(=O)N([C@H](C)CO)C(C(=O)N(CC=C)C(C)C)C23CC[C@]1(C)S3. The number of carbonyl (C=O) groups excluding carboxylic acids is 3. The number of ether oxygens (including phenoxy) is 1. The largest absolute Gasteiger partial charge is 0.465 e. The molecular weight excluding hydrogens is 440 g/mol. The maximum absolute atomic E-state index is 14.0. The number of unbranched alkanes of at least 4 members (excludes halogenated alkanes) is 1. The minimum absolute atomic E-state index is 0.0721. The Morgan fingerprint density at radius 1 is 1.30 bits per heavy atom. The Bertz CT molecular complexity index is 817. The van der Waals surface area contributed by atoms with Crippen LogP contribution in [0.4, 0.5) is 0 Å². The number of likely N-dealkylation sites (tertiary alicyclic amines) is 1. The molecule has 3 rings (SSSR count). The van der Waals surface area contributed by atoms with E-state index in [9.17, 15) is 19.5 Å². The van der Waals surface area contributed by atoms with Crippen molar-refractivity contribution in [1.82, 2.24) is 9.80 Å². The Morgan fingerprint density at radius 2 is 2.00 bits per heavy atom. The van der Waals surface area contributed by atoms with Gasteiger partial charge >= 0.3 is 5.97 Å². The second-order valence-electron chi connectivity index (χ2n) is 9.98. The molecule has 3 aliphatic rings. The normalized spacial score (nSPS) is 33.2. The predicted octanol–water partition coefficient (Wildman–Crippen LogP) is 2.78. The van der Waals surface area contributed by atoms with Gasteiger partial charge in [-0.25, -0.2) is 0 Å². The number of fused-ring (bicyclic) bond motifs is 1. The molecule has 3 heterocycles. The highest BCUT2D eigenvalue weighted by Crippen LogP contribution is 2.71. The van der Waals surface area contributed by atoms with E-state index in [-0.39, 0.29) is 37.0 Å². The molecule has 2 amide bonds. The van der Waals surface area contributed by atoms with Crippen LogP contribution in [-0.2, 0) is 19.1 Å². The Hall–Kier alpha value is -1.80. The third-order valence-corrected chi connectivity index (χ3v) is 9.46. The lowest BCUT2D eigenvalue weighted by Gasteiger charge is -2.40. The number of amides is 2. The van der Waals surface area contributed by atoms with Crippen LogP contribution < -0.4 is 0 Å². The zero-order chi connectivity index (χ0) is 24.6. The van der Waals surface area contributed by atoms with Gasteiger partial charge in [0.2, 0.25) is 11.8 Å². The number of rotatable bonds is 11. The van der Waals surface area contributed by atoms with Crippen molar-refractivity contribution >= 4 is 29.5 Å². The highest BCUT2D eigenvalue weighted by molar-refractivity contribution is 8.02. The second-order valence-corrected chi connectivity index (χ2v) is 11.9. The molecule has 8 heteroatoms. The van der Waals surface area contributed by atoms with Crippen molar-refractivity contribution in [2.24, 2.45) is 11.8 Å². The molecule has 7 nitrogen and oxygen atoms in total. The van der Waals surface area contributed by atoms with Gasteiger partial charge in [0.05, 0.1) is 35.8 Å². The number of esters is 1. The molecular formula is C25H38N2O5S. The third kappa shape index (κ3) is 4.14. The number of allylic oxidation sites excluding steroid dienone is 1. The van der Waals surface area contributed by atoms with E-state index in [0.717, 1.165) is 12.8 Å². The van der Waals surface area contributed by atoms with Crippen LogP contribution in [0.1, 0.15) is 53.4 Å². The van der Waals surface area contributed by atoms with Crippen molar-refractivity contribution in [3.8, 4) is 0 Å². The molecule has 0 saturated carbocycles. The van der Waals surface area contributed by atoms with Crippen LogP contribution in [0.25, 0.3) is 0 Å². The molecule has 6 atom stereocenters. The monoisotopic (exact) mass is 478 g/mol. The first-order valence-corrected chi connectivity index (χ1v) is 12.7. The minimum Gasteiger partial charge on any atom is -0.465 e. The zero-order valence-corrected chi connectivity index (χ0v) is 21.1. The molecule has 2 unspecified atom stereocenters. The Labute approximate surface area is 201 Å². The molecule has 0 aromatic carbocycles. The van der Waals surface area contributed by atoms with Crippen molar-refractivity contribution in [1.29, 1.82) is 0 Å². The average molecular weight is 479 g/mol. The van der Waals surface area contributed by atoms with Crippen molar-refractivity contribution in [3.63, 3.8) is 0 Å². The summed E-state index contributed by atoms with van der Waals surface area (Å²) in [5, 5.41) is 9.94. The molecule has 3 aliphatic heterocycles. The molecule has 1 spiro atoms. The van der Waals surface area contributed by atoms with Crippen LogP contribution in [0.3, 0.4) is 0 Å². The smallest absolute Gasteiger partial charge is 0.311 e. The van der Waals surface area contributed by atoms with Gasteiger partial charge < -0.3 is 19.6 Å². The Morgan fingerprint density at radius 3 is 2.58 bits per heavy atom. The quantitative estimate of drug-likeness (QED) is 0.279. The van der Waals surface area contributed by atoms with E-state index in [2.05, 4.69) is 13.2 Å². The van der Waals surface area contributed by atoms with Crippen molar-refractivity contribution in [2.75, 3.05) is 19.8 Å². The molecule has 1 N–H and O–H groups in total. The fraction of sp³-hybridized carbons (Fsp3) is 0.720. The molecule has 3 fully saturated rings. The zero-order valence-electron chi connectivity index (χ0n) is 20.3. The number of aliphatic hydroxyl groups is 1.